The molecule has 0 aromatic heterocycles. The van der Waals surface area contributed by atoms with Gasteiger partial charge in [-0.2, -0.15) is 0 Å². The molecule has 0 saturated heterocycles. The van der Waals surface area contributed by atoms with Crippen LogP contribution >= 0.6 is 23.5 Å². The van der Waals surface area contributed by atoms with Gasteiger partial charge in [0.15, 0.2) is 5.78 Å². The van der Waals surface area contributed by atoms with Crippen LogP contribution in [0.2, 0.25) is 0 Å². The van der Waals surface area contributed by atoms with Crippen LogP contribution in [-0.2, 0) is 9.59 Å². The van der Waals surface area contributed by atoms with Gasteiger partial charge in [-0.25, -0.2) is 0 Å². The Hall–Kier alpha value is -1.20. The quantitative estimate of drug-likeness (QED) is 0.471. The summed E-state index contributed by atoms with van der Waals surface area (Å²) in [6.45, 7) is 5.45. The predicted molar refractivity (Wildman–Crippen MR) is 89.0 cm³/mol. The normalized spacial score (nSPS) is 9.95. The summed E-state index contributed by atoms with van der Waals surface area (Å²) in [4.78, 5) is 24.2. The lowest BCUT2D eigenvalue weighted by molar-refractivity contribution is -0.118. The maximum absolute atomic E-state index is 12.3. The molecule has 0 heterocycles. The highest BCUT2D eigenvalue weighted by Gasteiger charge is 2.20. The smallest absolute Gasteiger partial charge is 0.260 e. The van der Waals surface area contributed by atoms with Gasteiger partial charge in [0, 0.05) is 5.69 Å². The Morgan fingerprint density at radius 1 is 1.05 bits per heavy atom. The average molecular weight is 309 g/mol. The summed E-state index contributed by atoms with van der Waals surface area (Å²) in [6.07, 6.45) is 0. The van der Waals surface area contributed by atoms with Crippen molar-refractivity contribution in [3.05, 3.63) is 40.1 Å². The molecule has 0 aliphatic heterocycles. The third-order valence-electron chi connectivity index (χ3n) is 2.37. The Morgan fingerprint density at radius 3 is 2.05 bits per heavy atom. The van der Waals surface area contributed by atoms with Crippen molar-refractivity contribution >= 4 is 40.9 Å². The van der Waals surface area contributed by atoms with Gasteiger partial charge in [0.2, 0.25) is 0 Å². The van der Waals surface area contributed by atoms with Crippen molar-refractivity contribution in [3.8, 4) is 0 Å². The van der Waals surface area contributed by atoms with Gasteiger partial charge in [0.1, 0.15) is 5.57 Å². The molecular formula is C15H19NO2S2. The molecule has 1 aromatic carbocycles. The maximum atomic E-state index is 12.3. The molecule has 0 spiro atoms. The van der Waals surface area contributed by atoms with Gasteiger partial charge >= 0.3 is 0 Å². The van der Waals surface area contributed by atoms with Gasteiger partial charge in [-0.1, -0.05) is 32.0 Å². The van der Waals surface area contributed by atoms with Crippen LogP contribution in [0.4, 0.5) is 5.69 Å². The number of ketones is 1. The maximum Gasteiger partial charge on any atom is 0.260 e. The second-order valence-electron chi connectivity index (χ2n) is 3.90. The number of thioether (sulfide) groups is 2. The molecule has 3 nitrogen and oxygen atoms in total. The van der Waals surface area contributed by atoms with E-state index in [1.165, 1.54) is 30.4 Å². The third kappa shape index (κ3) is 5.06. The van der Waals surface area contributed by atoms with E-state index in [4.69, 9.17) is 0 Å². The van der Waals surface area contributed by atoms with Crippen molar-refractivity contribution in [2.45, 2.75) is 20.8 Å². The molecule has 0 aliphatic rings. The Bertz CT molecular complexity index is 490. The first kappa shape index (κ1) is 16.9. The van der Waals surface area contributed by atoms with Gasteiger partial charge in [0.25, 0.3) is 5.91 Å². The fourth-order valence-electron chi connectivity index (χ4n) is 1.56. The number of para-hydroxylation sites is 1. The van der Waals surface area contributed by atoms with E-state index < -0.39 is 0 Å². The Labute approximate surface area is 128 Å². The van der Waals surface area contributed by atoms with E-state index in [1.54, 1.807) is 12.1 Å². The molecule has 0 fully saturated rings. The molecule has 0 unspecified atom stereocenters. The van der Waals surface area contributed by atoms with E-state index in [0.717, 1.165) is 15.7 Å². The lowest BCUT2D eigenvalue weighted by Crippen LogP contribution is -2.20. The van der Waals surface area contributed by atoms with Crippen molar-refractivity contribution in [3.63, 3.8) is 0 Å². The fourth-order valence-corrected chi connectivity index (χ4v) is 3.89. The summed E-state index contributed by atoms with van der Waals surface area (Å²) < 4.78 is 0.802. The summed E-state index contributed by atoms with van der Waals surface area (Å²) in [5.74, 6) is 1.13. The molecule has 1 N–H and O–H groups in total. The van der Waals surface area contributed by atoms with Crippen LogP contribution in [-0.4, -0.2) is 23.2 Å². The highest BCUT2D eigenvalue weighted by Crippen LogP contribution is 2.32. The number of benzene rings is 1. The van der Waals surface area contributed by atoms with Crippen molar-refractivity contribution in [2.24, 2.45) is 0 Å². The zero-order chi connectivity index (χ0) is 15.0. The van der Waals surface area contributed by atoms with E-state index >= 15 is 0 Å². The number of rotatable bonds is 7. The van der Waals surface area contributed by atoms with Crippen molar-refractivity contribution in [1.82, 2.24) is 0 Å². The first-order valence-electron chi connectivity index (χ1n) is 6.47. The van der Waals surface area contributed by atoms with Gasteiger partial charge in [-0.05, 0) is 30.6 Å². The molecule has 0 radical (unpaired) electrons. The minimum Gasteiger partial charge on any atom is -0.322 e. The van der Waals surface area contributed by atoms with Gasteiger partial charge in [0.05, 0.1) is 4.24 Å². The van der Waals surface area contributed by atoms with E-state index in [1.807, 2.05) is 32.0 Å². The largest absolute Gasteiger partial charge is 0.322 e. The number of carbonyl (C=O) groups excluding carboxylic acids is 2. The summed E-state index contributed by atoms with van der Waals surface area (Å²) in [7, 11) is 0. The summed E-state index contributed by atoms with van der Waals surface area (Å²) >= 11 is 3.07. The van der Waals surface area contributed by atoms with E-state index in [9.17, 15) is 9.59 Å². The molecule has 20 heavy (non-hydrogen) atoms. The second-order valence-corrected chi connectivity index (χ2v) is 6.71. The monoisotopic (exact) mass is 309 g/mol. The molecule has 1 amide bonds. The van der Waals surface area contributed by atoms with Crippen molar-refractivity contribution in [1.29, 1.82) is 0 Å². The number of nitrogens with one attached hydrogen (secondary N) is 1. The fraction of sp³-hybridized carbons (Fsp3) is 0.333. The van der Waals surface area contributed by atoms with Crippen LogP contribution < -0.4 is 5.32 Å². The number of hydrogen-bond acceptors (Lipinski definition) is 4. The van der Waals surface area contributed by atoms with E-state index in [-0.39, 0.29) is 17.3 Å². The predicted octanol–water partition coefficient (Wildman–Crippen LogP) is 3.93. The van der Waals surface area contributed by atoms with Crippen LogP contribution in [0.15, 0.2) is 40.1 Å². The molecule has 1 rings (SSSR count). The first-order chi connectivity index (χ1) is 9.60. The van der Waals surface area contributed by atoms with Crippen LogP contribution in [0.1, 0.15) is 20.8 Å². The Kier molecular flexibility index (Phi) is 7.47. The molecule has 5 heteroatoms. The highest BCUT2D eigenvalue weighted by molar-refractivity contribution is 8.22. The number of amides is 1. The zero-order valence-electron chi connectivity index (χ0n) is 11.9. The molecule has 1 aromatic rings. The average Bonchev–Trinajstić information content (AvgIpc) is 2.40. The second kappa shape index (κ2) is 8.87. The van der Waals surface area contributed by atoms with Crippen LogP contribution in [0, 0.1) is 0 Å². The Morgan fingerprint density at radius 2 is 1.60 bits per heavy atom. The van der Waals surface area contributed by atoms with Crippen LogP contribution in [0.3, 0.4) is 0 Å². The van der Waals surface area contributed by atoms with Crippen LogP contribution in [0.5, 0.6) is 0 Å². The summed E-state index contributed by atoms with van der Waals surface area (Å²) in [5.41, 5.74) is 0.950. The lowest BCUT2D eigenvalue weighted by atomic mass is 10.2. The SMILES string of the molecule is CCSC(SCC)=C(C(C)=O)C(=O)Nc1ccccc1. The summed E-state index contributed by atoms with van der Waals surface area (Å²) in [5, 5.41) is 2.78. The topological polar surface area (TPSA) is 46.2 Å². The standard InChI is InChI=1S/C15H19NO2S2/c1-4-19-15(20-5-2)13(11(3)17)14(18)16-12-9-7-6-8-10-12/h6-10H,4-5H2,1-3H3,(H,16,18). The van der Waals surface area contributed by atoms with E-state index in [0.29, 0.717) is 5.69 Å². The first-order valence-corrected chi connectivity index (χ1v) is 8.44. The lowest BCUT2D eigenvalue weighted by Gasteiger charge is -2.11. The zero-order valence-corrected chi connectivity index (χ0v) is 13.6. The number of hydrogen-bond donors (Lipinski definition) is 1. The van der Waals surface area contributed by atoms with Crippen LogP contribution in [0.25, 0.3) is 0 Å². The minimum absolute atomic E-state index is 0.199. The Balaban J connectivity index is 3.02. The molecule has 0 saturated carbocycles. The molecule has 0 atom stereocenters. The highest BCUT2D eigenvalue weighted by atomic mass is 32.2. The minimum atomic E-state index is -0.333. The third-order valence-corrected chi connectivity index (χ3v) is 4.58. The molecule has 0 bridgehead atoms. The number of Topliss-reactive ketones (excluding diaryl/α,β-unsaturated/α-hetero) is 1. The van der Waals surface area contributed by atoms with Crippen molar-refractivity contribution < 1.29 is 9.59 Å². The van der Waals surface area contributed by atoms with E-state index in [2.05, 4.69) is 5.32 Å². The number of carbonyl (C=O) groups is 2. The van der Waals surface area contributed by atoms with Gasteiger partial charge in [-0.3, -0.25) is 9.59 Å². The van der Waals surface area contributed by atoms with Gasteiger partial charge in [-0.15, -0.1) is 23.5 Å². The van der Waals surface area contributed by atoms with Gasteiger partial charge < -0.3 is 5.32 Å². The van der Waals surface area contributed by atoms with Crippen molar-refractivity contribution in [2.75, 3.05) is 16.8 Å². The molecule has 0 aliphatic carbocycles. The summed E-state index contributed by atoms with van der Waals surface area (Å²) in [6, 6.07) is 9.16. The molecule has 108 valence electrons. The molecular weight excluding hydrogens is 290 g/mol. The number of anilines is 1.